The third-order valence-corrected chi connectivity index (χ3v) is 10.9. The van der Waals surface area contributed by atoms with Gasteiger partial charge >= 0.3 is 11.9 Å². The molecule has 2 heterocycles. The van der Waals surface area contributed by atoms with E-state index >= 15 is 0 Å². The predicted octanol–water partition coefficient (Wildman–Crippen LogP) is -2.72. The number of carboxylic acids is 2. The molecule has 25 heteroatoms. The normalized spacial score (nSPS) is 17.1. The van der Waals surface area contributed by atoms with E-state index in [1.165, 1.54) is 31.3 Å². The van der Waals surface area contributed by atoms with Gasteiger partial charge in [0, 0.05) is 31.3 Å². The second-order valence-corrected chi connectivity index (χ2v) is 18.2. The Hall–Kier alpha value is -6.66. The Labute approximate surface area is 394 Å². The summed E-state index contributed by atoms with van der Waals surface area (Å²) in [7, 11) is 0. The number of primary amides is 1. The monoisotopic (exact) mass is 963 g/mol. The van der Waals surface area contributed by atoms with Crippen LogP contribution in [-0.2, 0) is 59.2 Å². The van der Waals surface area contributed by atoms with Gasteiger partial charge in [0.25, 0.3) is 0 Å². The number of H-pyrrole nitrogens is 1. The SMILES string of the molecule is CC(C)C[C@H](NC(=O)[C@@H](N)CC(N)=O)C(=O)N[C@@H](C)C(=O)N[C@@H](C)C(=O)N[C@@H](CCC(=O)O)C(=O)N[C@@H](CC(C)C)C(=O)N1CCC[C@H]1C(=O)N[C@@H](Cc1cnc[nH]1)C(=O)N[C@H](C(=O)O)C(C)C. The zero-order chi connectivity index (χ0) is 51.6. The first-order valence-electron chi connectivity index (χ1n) is 22.6. The van der Waals surface area contributed by atoms with Gasteiger partial charge in [-0.2, -0.15) is 0 Å². The predicted molar refractivity (Wildman–Crippen MR) is 242 cm³/mol. The van der Waals surface area contributed by atoms with Crippen molar-refractivity contribution in [3.05, 3.63) is 18.2 Å². The number of aliphatic carboxylic acids is 2. The molecule has 0 saturated carbocycles. The minimum atomic E-state index is -1.53. The molecule has 68 heavy (non-hydrogen) atoms. The first-order valence-corrected chi connectivity index (χ1v) is 22.6. The number of nitrogens with zero attached hydrogens (tertiary/aromatic N) is 2. The molecule has 9 atom stereocenters. The maximum atomic E-state index is 14.3. The summed E-state index contributed by atoms with van der Waals surface area (Å²) in [5.74, 6) is -10.6. The first-order chi connectivity index (χ1) is 31.7. The quantitative estimate of drug-likeness (QED) is 0.0406. The van der Waals surface area contributed by atoms with Crippen LogP contribution in [-0.4, -0.2) is 151 Å². The van der Waals surface area contributed by atoms with Crippen molar-refractivity contribution in [3.8, 4) is 0 Å². The molecular formula is C43H70N12O13. The maximum absolute atomic E-state index is 14.3. The molecule has 14 N–H and O–H groups in total. The second-order valence-electron chi connectivity index (χ2n) is 18.2. The first kappa shape index (κ1) is 57.5. The fraction of sp³-hybridized carbons (Fsp3) is 0.674. The van der Waals surface area contributed by atoms with E-state index in [-0.39, 0.29) is 44.1 Å². The average molecular weight is 963 g/mol. The molecule has 380 valence electrons. The molecule has 0 aromatic carbocycles. The summed E-state index contributed by atoms with van der Waals surface area (Å²) in [5, 5.41) is 36.7. The molecule has 1 fully saturated rings. The van der Waals surface area contributed by atoms with Crippen LogP contribution in [0.25, 0.3) is 0 Å². The number of aromatic amines is 1. The van der Waals surface area contributed by atoms with E-state index in [1.807, 2.05) is 0 Å². The lowest BCUT2D eigenvalue weighted by Crippen LogP contribution is -2.60. The lowest BCUT2D eigenvalue weighted by Gasteiger charge is -2.31. The van der Waals surface area contributed by atoms with Gasteiger partial charge in [-0.25, -0.2) is 9.78 Å². The summed E-state index contributed by atoms with van der Waals surface area (Å²) < 4.78 is 0. The number of carbonyl (C=O) groups is 11. The van der Waals surface area contributed by atoms with Crippen molar-refractivity contribution in [1.82, 2.24) is 52.1 Å². The van der Waals surface area contributed by atoms with Crippen molar-refractivity contribution in [2.24, 2.45) is 29.2 Å². The summed E-state index contributed by atoms with van der Waals surface area (Å²) in [5.41, 5.74) is 11.3. The van der Waals surface area contributed by atoms with Crippen LogP contribution in [0.5, 0.6) is 0 Å². The van der Waals surface area contributed by atoms with Gasteiger partial charge in [-0.1, -0.05) is 41.5 Å². The Morgan fingerprint density at radius 2 is 1.24 bits per heavy atom. The number of carbonyl (C=O) groups excluding carboxylic acids is 9. The molecule has 1 aliphatic rings. The highest BCUT2D eigenvalue weighted by Gasteiger charge is 2.40. The standard InChI is InChI=1S/C43H70N12O13/c1-20(2)14-28(51-37(61)26(44)17-32(45)56)39(63)49-23(7)35(59)48-24(8)36(60)50-27(11-12-33(57)58)38(62)53-30(15-21(3)4)42(66)55-13-9-10-31(55)41(65)52-29(16-25-18-46-19-47-25)40(64)54-34(22(5)6)43(67)68/h18-24,26-31,34H,9-17,44H2,1-8H3,(H2,45,56)(H,46,47)(H,48,59)(H,49,63)(H,50,60)(H,51,61)(H,52,65)(H,53,62)(H,54,64)(H,57,58)(H,67,68)/t23-,24-,26-,27-,28-,29-,30-,31-,34-/m0/s1. The number of hydrogen-bond donors (Lipinski definition) is 12. The van der Waals surface area contributed by atoms with Crippen molar-refractivity contribution in [1.29, 1.82) is 0 Å². The lowest BCUT2D eigenvalue weighted by atomic mass is 10.0. The summed E-state index contributed by atoms with van der Waals surface area (Å²) in [6, 6.07) is -11.5. The zero-order valence-electron chi connectivity index (χ0n) is 39.9. The van der Waals surface area contributed by atoms with E-state index in [1.54, 1.807) is 41.5 Å². The van der Waals surface area contributed by atoms with Crippen LogP contribution in [0.4, 0.5) is 0 Å². The summed E-state index contributed by atoms with van der Waals surface area (Å²) in [6.07, 6.45) is 2.00. The molecule has 25 nitrogen and oxygen atoms in total. The number of aromatic nitrogens is 2. The summed E-state index contributed by atoms with van der Waals surface area (Å²) in [6.45, 7) is 13.0. The van der Waals surface area contributed by atoms with Crippen LogP contribution < -0.4 is 48.7 Å². The van der Waals surface area contributed by atoms with Gasteiger partial charge in [0.05, 0.1) is 18.8 Å². The molecule has 1 aromatic rings. The molecule has 1 aliphatic heterocycles. The van der Waals surface area contributed by atoms with Crippen LogP contribution in [0.1, 0.15) is 106 Å². The Morgan fingerprint density at radius 1 is 0.706 bits per heavy atom. The fourth-order valence-electron chi connectivity index (χ4n) is 7.24. The molecule has 0 unspecified atom stereocenters. The van der Waals surface area contributed by atoms with E-state index in [0.29, 0.717) is 12.1 Å². The van der Waals surface area contributed by atoms with Crippen LogP contribution >= 0.6 is 0 Å². The summed E-state index contributed by atoms with van der Waals surface area (Å²) in [4.78, 5) is 151. The number of rotatable bonds is 28. The van der Waals surface area contributed by atoms with Crippen LogP contribution in [0.3, 0.4) is 0 Å². The second kappa shape index (κ2) is 27.2. The van der Waals surface area contributed by atoms with E-state index in [2.05, 4.69) is 47.2 Å². The smallest absolute Gasteiger partial charge is 0.326 e. The number of carboxylic acid groups (broad SMARTS) is 2. The molecule has 0 bridgehead atoms. The number of imidazole rings is 1. The van der Waals surface area contributed by atoms with E-state index in [9.17, 15) is 63.0 Å². The van der Waals surface area contributed by atoms with E-state index in [0.717, 1.165) is 0 Å². The van der Waals surface area contributed by atoms with Crippen molar-refractivity contribution < 1.29 is 63.0 Å². The highest BCUT2D eigenvalue weighted by molar-refractivity contribution is 5.98. The Balaban J connectivity index is 2.23. The van der Waals surface area contributed by atoms with Gasteiger partial charge in [0.15, 0.2) is 0 Å². The Kier molecular flexibility index (Phi) is 23.0. The number of likely N-dealkylation sites (tertiary alicyclic amines) is 1. The molecule has 9 amide bonds. The minimum absolute atomic E-state index is 0.0591. The highest BCUT2D eigenvalue weighted by Crippen LogP contribution is 2.21. The number of amides is 9. The fourth-order valence-corrected chi connectivity index (χ4v) is 7.24. The van der Waals surface area contributed by atoms with E-state index < -0.39 is 145 Å². The van der Waals surface area contributed by atoms with Gasteiger partial charge < -0.3 is 68.8 Å². The van der Waals surface area contributed by atoms with Gasteiger partial charge in [0.2, 0.25) is 53.2 Å². The van der Waals surface area contributed by atoms with Gasteiger partial charge in [-0.05, 0) is 63.7 Å². The molecule has 1 aromatic heterocycles. The van der Waals surface area contributed by atoms with Gasteiger partial charge in [0.1, 0.15) is 48.3 Å². The van der Waals surface area contributed by atoms with Crippen molar-refractivity contribution in [2.75, 3.05) is 6.54 Å². The average Bonchev–Trinajstić information content (AvgIpc) is 3.95. The number of nitrogens with two attached hydrogens (primary N) is 2. The van der Waals surface area contributed by atoms with Crippen LogP contribution in [0.2, 0.25) is 0 Å². The minimum Gasteiger partial charge on any atom is -0.481 e. The topological polar surface area (TPSA) is 396 Å². The Bertz CT molecular complexity index is 1960. The maximum Gasteiger partial charge on any atom is 0.326 e. The zero-order valence-corrected chi connectivity index (χ0v) is 39.9. The van der Waals surface area contributed by atoms with Gasteiger partial charge in [-0.15, -0.1) is 0 Å². The molecule has 1 saturated heterocycles. The number of hydrogen-bond acceptors (Lipinski definition) is 13. The van der Waals surface area contributed by atoms with Crippen molar-refractivity contribution in [2.45, 2.75) is 161 Å². The van der Waals surface area contributed by atoms with Crippen LogP contribution in [0.15, 0.2) is 12.5 Å². The van der Waals surface area contributed by atoms with E-state index in [4.69, 9.17) is 11.5 Å². The van der Waals surface area contributed by atoms with Crippen LogP contribution in [0, 0.1) is 17.8 Å². The van der Waals surface area contributed by atoms with Crippen molar-refractivity contribution >= 4 is 65.1 Å². The molecule has 0 radical (unpaired) electrons. The Morgan fingerprint density at radius 3 is 1.76 bits per heavy atom. The molecule has 2 rings (SSSR count). The highest BCUT2D eigenvalue weighted by atomic mass is 16.4. The summed E-state index contributed by atoms with van der Waals surface area (Å²) >= 11 is 0. The number of nitrogens with one attached hydrogen (secondary N) is 8. The molecule has 0 aliphatic carbocycles. The van der Waals surface area contributed by atoms with Gasteiger partial charge in [-0.3, -0.25) is 47.9 Å². The molecular weight excluding hydrogens is 893 g/mol. The third-order valence-electron chi connectivity index (χ3n) is 10.9. The third kappa shape index (κ3) is 18.9. The molecule has 0 spiro atoms. The lowest BCUT2D eigenvalue weighted by molar-refractivity contribution is -0.144. The van der Waals surface area contributed by atoms with Crippen molar-refractivity contribution in [3.63, 3.8) is 0 Å². The largest absolute Gasteiger partial charge is 0.481 e.